The van der Waals surface area contributed by atoms with Crippen molar-refractivity contribution >= 4 is 12.0 Å². The Bertz CT molecular complexity index is 465. The zero-order valence-electron chi connectivity index (χ0n) is 11.6. The van der Waals surface area contributed by atoms with Gasteiger partial charge in [-0.05, 0) is 18.1 Å². The molecule has 1 heterocycles. The largest absolute Gasteiger partial charge is 0.481 e. The van der Waals surface area contributed by atoms with Crippen LogP contribution in [0.5, 0.6) is 5.88 Å². The molecule has 0 fully saturated rings. The van der Waals surface area contributed by atoms with Gasteiger partial charge in [0.1, 0.15) is 6.54 Å². The fourth-order valence-corrected chi connectivity index (χ4v) is 1.65. The van der Waals surface area contributed by atoms with E-state index in [0.29, 0.717) is 18.8 Å². The number of hydrogen-bond acceptors (Lipinski definition) is 4. The molecule has 0 atom stereocenters. The third-order valence-electron chi connectivity index (χ3n) is 2.56. The number of hydrogen-bond donors (Lipinski definition) is 2. The molecule has 2 amide bonds. The molecule has 0 aliphatic rings. The fourth-order valence-electron chi connectivity index (χ4n) is 1.65. The number of carboxylic acids is 1. The number of ether oxygens (including phenoxy) is 1. The summed E-state index contributed by atoms with van der Waals surface area (Å²) in [6.45, 7) is 2.27. The third-order valence-corrected chi connectivity index (χ3v) is 2.56. The summed E-state index contributed by atoms with van der Waals surface area (Å²) in [4.78, 5) is 27.8. The highest BCUT2D eigenvalue weighted by Crippen LogP contribution is 2.08. The first kappa shape index (κ1) is 15.7. The summed E-state index contributed by atoms with van der Waals surface area (Å²) in [7, 11) is 1.51. The maximum Gasteiger partial charge on any atom is 0.323 e. The zero-order valence-corrected chi connectivity index (χ0v) is 11.6. The van der Waals surface area contributed by atoms with Crippen LogP contribution in [0.2, 0.25) is 0 Å². The average molecular weight is 281 g/mol. The SMILES string of the molecule is CCCN(CC(=O)O)C(=O)NCc1ccnc(OC)c1. The topological polar surface area (TPSA) is 91.8 Å². The first-order valence-corrected chi connectivity index (χ1v) is 6.30. The van der Waals surface area contributed by atoms with Crippen molar-refractivity contribution in [2.75, 3.05) is 20.2 Å². The molecular weight excluding hydrogens is 262 g/mol. The molecule has 0 radical (unpaired) electrons. The molecule has 7 heteroatoms. The Hall–Kier alpha value is -2.31. The van der Waals surface area contributed by atoms with E-state index >= 15 is 0 Å². The summed E-state index contributed by atoms with van der Waals surface area (Å²) < 4.78 is 4.99. The van der Waals surface area contributed by atoms with E-state index in [0.717, 1.165) is 5.56 Å². The van der Waals surface area contributed by atoms with Gasteiger partial charge in [-0.15, -0.1) is 0 Å². The van der Waals surface area contributed by atoms with Crippen molar-refractivity contribution in [2.45, 2.75) is 19.9 Å². The fraction of sp³-hybridized carbons (Fsp3) is 0.462. The quantitative estimate of drug-likeness (QED) is 0.780. The van der Waals surface area contributed by atoms with Crippen LogP contribution in [0, 0.1) is 0 Å². The van der Waals surface area contributed by atoms with Crippen LogP contribution in [0.4, 0.5) is 4.79 Å². The van der Waals surface area contributed by atoms with E-state index in [1.165, 1.54) is 12.0 Å². The van der Waals surface area contributed by atoms with Crippen molar-refractivity contribution in [2.24, 2.45) is 0 Å². The third kappa shape index (κ3) is 5.13. The Morgan fingerprint density at radius 3 is 2.85 bits per heavy atom. The maximum atomic E-state index is 11.9. The maximum absolute atomic E-state index is 11.9. The number of urea groups is 1. The molecule has 1 rings (SSSR count). The van der Waals surface area contributed by atoms with Crippen molar-refractivity contribution in [1.82, 2.24) is 15.2 Å². The molecule has 0 aromatic carbocycles. The van der Waals surface area contributed by atoms with E-state index < -0.39 is 12.0 Å². The minimum atomic E-state index is -1.03. The molecule has 0 saturated carbocycles. The second-order valence-electron chi connectivity index (χ2n) is 4.18. The van der Waals surface area contributed by atoms with E-state index in [-0.39, 0.29) is 13.1 Å². The standard InChI is InChI=1S/C13H19N3O4/c1-3-6-16(9-12(17)18)13(19)15-8-10-4-5-14-11(7-10)20-2/h4-5,7H,3,6,8-9H2,1-2H3,(H,15,19)(H,17,18). The summed E-state index contributed by atoms with van der Waals surface area (Å²) in [6.07, 6.45) is 2.28. The monoisotopic (exact) mass is 281 g/mol. The number of nitrogens with zero attached hydrogens (tertiary/aromatic N) is 2. The molecule has 0 aliphatic carbocycles. The summed E-state index contributed by atoms with van der Waals surface area (Å²) in [5.41, 5.74) is 0.831. The number of carbonyl (C=O) groups is 2. The molecule has 0 aliphatic heterocycles. The van der Waals surface area contributed by atoms with Gasteiger partial charge in [0.15, 0.2) is 0 Å². The first-order valence-electron chi connectivity index (χ1n) is 6.30. The number of methoxy groups -OCH3 is 1. The minimum absolute atomic E-state index is 0.289. The first-order chi connectivity index (χ1) is 9.56. The highest BCUT2D eigenvalue weighted by Gasteiger charge is 2.15. The van der Waals surface area contributed by atoms with Crippen LogP contribution >= 0.6 is 0 Å². The molecule has 7 nitrogen and oxygen atoms in total. The van der Waals surface area contributed by atoms with Crippen LogP contribution in [0.15, 0.2) is 18.3 Å². The van der Waals surface area contributed by atoms with E-state index in [1.807, 2.05) is 6.92 Å². The molecule has 1 aromatic heterocycles. The van der Waals surface area contributed by atoms with E-state index in [2.05, 4.69) is 10.3 Å². The normalized spacial score (nSPS) is 9.90. The Labute approximate surface area is 117 Å². The van der Waals surface area contributed by atoms with Gasteiger partial charge in [0, 0.05) is 25.4 Å². The van der Waals surface area contributed by atoms with E-state index in [9.17, 15) is 9.59 Å². The number of carboxylic acid groups (broad SMARTS) is 1. The number of pyridine rings is 1. The zero-order chi connectivity index (χ0) is 15.0. The summed E-state index contributed by atoms with van der Waals surface area (Å²) in [5, 5.41) is 11.4. The second-order valence-corrected chi connectivity index (χ2v) is 4.18. The molecule has 0 saturated heterocycles. The van der Waals surface area contributed by atoms with Crippen LogP contribution in [-0.4, -0.2) is 47.2 Å². The van der Waals surface area contributed by atoms with E-state index in [4.69, 9.17) is 9.84 Å². The van der Waals surface area contributed by atoms with Crippen LogP contribution < -0.4 is 10.1 Å². The number of aliphatic carboxylic acids is 1. The lowest BCUT2D eigenvalue weighted by Gasteiger charge is -2.20. The van der Waals surface area contributed by atoms with E-state index in [1.54, 1.807) is 18.3 Å². The predicted molar refractivity (Wildman–Crippen MR) is 72.5 cm³/mol. The summed E-state index contributed by atoms with van der Waals surface area (Å²) >= 11 is 0. The minimum Gasteiger partial charge on any atom is -0.481 e. The smallest absolute Gasteiger partial charge is 0.323 e. The van der Waals surface area contributed by atoms with Crippen molar-refractivity contribution < 1.29 is 19.4 Å². The van der Waals surface area contributed by atoms with Gasteiger partial charge in [-0.25, -0.2) is 9.78 Å². The predicted octanol–water partition coefficient (Wildman–Crippen LogP) is 1.10. The molecule has 0 bridgehead atoms. The molecule has 1 aromatic rings. The molecule has 110 valence electrons. The molecular formula is C13H19N3O4. The van der Waals surface area contributed by atoms with Gasteiger partial charge >= 0.3 is 12.0 Å². The van der Waals surface area contributed by atoms with Gasteiger partial charge in [0.05, 0.1) is 7.11 Å². The van der Waals surface area contributed by atoms with Gasteiger partial charge in [-0.1, -0.05) is 6.92 Å². The lowest BCUT2D eigenvalue weighted by atomic mass is 10.2. The van der Waals surface area contributed by atoms with Crippen LogP contribution in [-0.2, 0) is 11.3 Å². The van der Waals surface area contributed by atoms with Crippen molar-refractivity contribution in [3.05, 3.63) is 23.9 Å². The van der Waals surface area contributed by atoms with Gasteiger partial charge in [-0.2, -0.15) is 0 Å². The Balaban J connectivity index is 2.57. The average Bonchev–Trinajstić information content (AvgIpc) is 2.44. The number of carbonyl (C=O) groups excluding carboxylic acids is 1. The summed E-state index contributed by atoms with van der Waals surface area (Å²) in [6, 6.07) is 3.07. The van der Waals surface area contributed by atoms with Gasteiger partial charge < -0.3 is 20.1 Å². The summed E-state index contributed by atoms with van der Waals surface area (Å²) in [5.74, 6) is -0.563. The van der Waals surface area contributed by atoms with Crippen molar-refractivity contribution in [3.8, 4) is 5.88 Å². The number of nitrogens with one attached hydrogen (secondary N) is 1. The highest BCUT2D eigenvalue weighted by atomic mass is 16.5. The van der Waals surface area contributed by atoms with Crippen LogP contribution in [0.3, 0.4) is 0 Å². The van der Waals surface area contributed by atoms with Gasteiger partial charge in [0.25, 0.3) is 0 Å². The van der Waals surface area contributed by atoms with Gasteiger partial charge in [0.2, 0.25) is 5.88 Å². The lowest BCUT2D eigenvalue weighted by Crippen LogP contribution is -2.42. The number of rotatable bonds is 7. The Kier molecular flexibility index (Phi) is 6.28. The van der Waals surface area contributed by atoms with Crippen LogP contribution in [0.25, 0.3) is 0 Å². The molecule has 2 N–H and O–H groups in total. The highest BCUT2D eigenvalue weighted by molar-refractivity contribution is 5.80. The van der Waals surface area contributed by atoms with Crippen molar-refractivity contribution in [1.29, 1.82) is 0 Å². The number of amides is 2. The lowest BCUT2D eigenvalue weighted by molar-refractivity contribution is -0.137. The number of aromatic nitrogens is 1. The van der Waals surface area contributed by atoms with Crippen molar-refractivity contribution in [3.63, 3.8) is 0 Å². The van der Waals surface area contributed by atoms with Crippen LogP contribution in [0.1, 0.15) is 18.9 Å². The molecule has 0 unspecified atom stereocenters. The Morgan fingerprint density at radius 2 is 2.25 bits per heavy atom. The van der Waals surface area contributed by atoms with Gasteiger partial charge in [-0.3, -0.25) is 4.79 Å². The molecule has 20 heavy (non-hydrogen) atoms. The Morgan fingerprint density at radius 1 is 1.50 bits per heavy atom. The second kappa shape index (κ2) is 7.98. The molecule has 0 spiro atoms.